The smallest absolute Gasteiger partial charge is 0.146 e. The molecule has 0 bridgehead atoms. The summed E-state index contributed by atoms with van der Waals surface area (Å²) in [6.07, 6.45) is 8.01. The van der Waals surface area contributed by atoms with Gasteiger partial charge in [-0.2, -0.15) is 5.26 Å². The van der Waals surface area contributed by atoms with Crippen LogP contribution in [0.4, 0.5) is 0 Å². The quantitative estimate of drug-likeness (QED) is 0.556. The highest BCUT2D eigenvalue weighted by atomic mass is 16.1. The summed E-state index contributed by atoms with van der Waals surface area (Å²) in [7, 11) is 0. The number of hydrogen-bond acceptors (Lipinski definition) is 2. The molecule has 0 aromatic carbocycles. The van der Waals surface area contributed by atoms with E-state index in [1.54, 1.807) is 0 Å². The molecule has 0 fully saturated rings. The van der Waals surface area contributed by atoms with Crippen molar-refractivity contribution in [1.82, 2.24) is 0 Å². The molecule has 1 unspecified atom stereocenters. The topological polar surface area (TPSA) is 40.9 Å². The molecule has 0 saturated heterocycles. The minimum atomic E-state index is -0.360. The lowest BCUT2D eigenvalue weighted by molar-refractivity contribution is -0.119. The van der Waals surface area contributed by atoms with Crippen LogP contribution >= 0.6 is 0 Å². The van der Waals surface area contributed by atoms with Crippen LogP contribution < -0.4 is 0 Å². The van der Waals surface area contributed by atoms with Crippen LogP contribution in [0.1, 0.15) is 58.8 Å². The number of rotatable bonds is 8. The highest BCUT2D eigenvalue weighted by Gasteiger charge is 2.11. The van der Waals surface area contributed by atoms with Gasteiger partial charge in [-0.3, -0.25) is 4.79 Å². The Morgan fingerprint density at radius 3 is 2.29 bits per heavy atom. The zero-order valence-corrected chi connectivity index (χ0v) is 9.38. The summed E-state index contributed by atoms with van der Waals surface area (Å²) in [6, 6.07) is 2.05. The van der Waals surface area contributed by atoms with Gasteiger partial charge in [0, 0.05) is 0 Å². The Bertz CT molecular complexity index is 193. The molecule has 0 amide bonds. The van der Waals surface area contributed by atoms with Gasteiger partial charge in [0.25, 0.3) is 0 Å². The summed E-state index contributed by atoms with van der Waals surface area (Å²) in [5.41, 5.74) is 0. The number of hydrogen-bond donors (Lipinski definition) is 0. The fourth-order valence-corrected chi connectivity index (χ4v) is 1.49. The van der Waals surface area contributed by atoms with Crippen LogP contribution in [-0.4, -0.2) is 5.78 Å². The van der Waals surface area contributed by atoms with Gasteiger partial charge in [0.15, 0.2) is 0 Å². The van der Waals surface area contributed by atoms with Gasteiger partial charge in [0.05, 0.1) is 6.07 Å². The Morgan fingerprint density at radius 1 is 1.21 bits per heavy atom. The summed E-state index contributed by atoms with van der Waals surface area (Å²) < 4.78 is 0. The summed E-state index contributed by atoms with van der Waals surface area (Å²) >= 11 is 0. The van der Waals surface area contributed by atoms with Crippen LogP contribution in [0.2, 0.25) is 0 Å². The molecule has 0 aliphatic heterocycles. The maximum atomic E-state index is 10.9. The van der Waals surface area contributed by atoms with Gasteiger partial charge in [-0.25, -0.2) is 0 Å². The van der Waals surface area contributed by atoms with Crippen molar-refractivity contribution in [1.29, 1.82) is 5.26 Å². The third kappa shape index (κ3) is 6.65. The summed E-state index contributed by atoms with van der Waals surface area (Å²) in [4.78, 5) is 10.9. The third-order valence-corrected chi connectivity index (χ3v) is 2.49. The van der Waals surface area contributed by atoms with Crippen molar-refractivity contribution < 1.29 is 4.79 Å². The van der Waals surface area contributed by atoms with Crippen molar-refractivity contribution in [3.8, 4) is 6.07 Å². The van der Waals surface area contributed by atoms with Crippen LogP contribution in [0.15, 0.2) is 0 Å². The first-order chi connectivity index (χ1) is 6.72. The highest BCUT2D eigenvalue weighted by molar-refractivity contribution is 5.80. The molecule has 2 nitrogen and oxygen atoms in total. The zero-order chi connectivity index (χ0) is 10.8. The maximum absolute atomic E-state index is 10.9. The van der Waals surface area contributed by atoms with Crippen molar-refractivity contribution in [2.24, 2.45) is 5.92 Å². The number of carbonyl (C=O) groups is 1. The van der Waals surface area contributed by atoms with Gasteiger partial charge in [-0.15, -0.1) is 0 Å². The van der Waals surface area contributed by atoms with E-state index < -0.39 is 0 Å². The number of unbranched alkanes of at least 4 members (excludes halogenated alkanes) is 5. The highest BCUT2D eigenvalue weighted by Crippen LogP contribution is 2.12. The Kier molecular flexibility index (Phi) is 8.22. The van der Waals surface area contributed by atoms with Crippen LogP contribution in [0.5, 0.6) is 0 Å². The molecule has 0 aliphatic carbocycles. The number of ketones is 1. The zero-order valence-electron chi connectivity index (χ0n) is 9.38. The van der Waals surface area contributed by atoms with Gasteiger partial charge < -0.3 is 0 Å². The van der Waals surface area contributed by atoms with Crippen LogP contribution in [0, 0.1) is 17.2 Å². The Morgan fingerprint density at radius 2 is 1.79 bits per heavy atom. The molecular weight excluding hydrogens is 174 g/mol. The first kappa shape index (κ1) is 13.2. The summed E-state index contributed by atoms with van der Waals surface area (Å²) in [5, 5.41) is 8.67. The monoisotopic (exact) mass is 195 g/mol. The SMILES string of the molecule is CCCCCCCCC(C#N)C(C)=O. The van der Waals surface area contributed by atoms with E-state index in [0.717, 1.165) is 19.3 Å². The molecule has 0 aliphatic rings. The van der Waals surface area contributed by atoms with Crippen LogP contribution in [0.25, 0.3) is 0 Å². The molecule has 0 radical (unpaired) electrons. The predicted molar refractivity (Wildman–Crippen MR) is 57.8 cm³/mol. The predicted octanol–water partition coefficient (Wildman–Crippen LogP) is 3.47. The van der Waals surface area contributed by atoms with Gasteiger partial charge >= 0.3 is 0 Å². The fraction of sp³-hybridized carbons (Fsp3) is 0.833. The molecule has 0 aromatic rings. The molecule has 14 heavy (non-hydrogen) atoms. The van der Waals surface area contributed by atoms with Gasteiger partial charge in [0.1, 0.15) is 11.7 Å². The Balaban J connectivity index is 3.35. The van der Waals surface area contributed by atoms with E-state index in [9.17, 15) is 4.79 Å². The van der Waals surface area contributed by atoms with Crippen molar-refractivity contribution in [3.63, 3.8) is 0 Å². The minimum Gasteiger partial charge on any atom is -0.299 e. The molecule has 0 saturated carbocycles. The second-order valence-corrected chi connectivity index (χ2v) is 3.85. The maximum Gasteiger partial charge on any atom is 0.146 e. The summed E-state index contributed by atoms with van der Waals surface area (Å²) in [5.74, 6) is -0.345. The Labute approximate surface area is 87.3 Å². The lowest BCUT2D eigenvalue weighted by Crippen LogP contribution is -2.07. The van der Waals surface area contributed by atoms with E-state index in [2.05, 4.69) is 13.0 Å². The molecule has 1 atom stereocenters. The molecule has 0 spiro atoms. The van der Waals surface area contributed by atoms with Gasteiger partial charge in [0.2, 0.25) is 0 Å². The van der Waals surface area contributed by atoms with Gasteiger partial charge in [-0.05, 0) is 13.3 Å². The third-order valence-electron chi connectivity index (χ3n) is 2.49. The van der Waals surface area contributed by atoms with E-state index >= 15 is 0 Å². The van der Waals surface area contributed by atoms with E-state index in [-0.39, 0.29) is 11.7 Å². The molecule has 2 heteroatoms. The van der Waals surface area contributed by atoms with Crippen LogP contribution in [0.3, 0.4) is 0 Å². The average Bonchev–Trinajstić information content (AvgIpc) is 2.16. The molecular formula is C12H21NO. The standard InChI is InChI=1S/C12H21NO/c1-3-4-5-6-7-8-9-12(10-13)11(2)14/h12H,3-9H2,1-2H3. The van der Waals surface area contributed by atoms with Gasteiger partial charge in [-0.1, -0.05) is 45.4 Å². The van der Waals surface area contributed by atoms with E-state index in [1.165, 1.54) is 32.6 Å². The van der Waals surface area contributed by atoms with Crippen molar-refractivity contribution in [3.05, 3.63) is 0 Å². The fourth-order valence-electron chi connectivity index (χ4n) is 1.49. The van der Waals surface area contributed by atoms with E-state index in [0.29, 0.717) is 0 Å². The lowest BCUT2D eigenvalue weighted by atomic mass is 9.98. The summed E-state index contributed by atoms with van der Waals surface area (Å²) in [6.45, 7) is 3.70. The second kappa shape index (κ2) is 8.74. The first-order valence-corrected chi connectivity index (χ1v) is 5.62. The number of carbonyl (C=O) groups excluding carboxylic acids is 1. The number of nitriles is 1. The van der Waals surface area contributed by atoms with Crippen LogP contribution in [-0.2, 0) is 4.79 Å². The Hall–Kier alpha value is -0.840. The number of Topliss-reactive ketones (excluding diaryl/α,β-unsaturated/α-hetero) is 1. The largest absolute Gasteiger partial charge is 0.299 e. The number of nitrogens with zero attached hydrogens (tertiary/aromatic N) is 1. The molecule has 0 aromatic heterocycles. The van der Waals surface area contributed by atoms with E-state index in [1.807, 2.05) is 0 Å². The van der Waals surface area contributed by atoms with Crippen molar-refractivity contribution >= 4 is 5.78 Å². The molecule has 0 heterocycles. The van der Waals surface area contributed by atoms with Crippen molar-refractivity contribution in [2.45, 2.75) is 58.8 Å². The molecule has 80 valence electrons. The molecule has 0 rings (SSSR count). The first-order valence-electron chi connectivity index (χ1n) is 5.62. The average molecular weight is 195 g/mol. The molecule has 0 N–H and O–H groups in total. The normalized spacial score (nSPS) is 12.1. The second-order valence-electron chi connectivity index (χ2n) is 3.85. The van der Waals surface area contributed by atoms with E-state index in [4.69, 9.17) is 5.26 Å². The lowest BCUT2D eigenvalue weighted by Gasteiger charge is -2.04. The van der Waals surface area contributed by atoms with Crippen molar-refractivity contribution in [2.75, 3.05) is 0 Å². The minimum absolute atomic E-state index is 0.0149.